The Morgan fingerprint density at radius 1 is 1.25 bits per heavy atom. The number of hydrogen-bond acceptors (Lipinski definition) is 7. The van der Waals surface area contributed by atoms with Crippen LogP contribution in [0.15, 0.2) is 12.1 Å². The van der Waals surface area contributed by atoms with Gasteiger partial charge in [-0.25, -0.2) is 4.98 Å². The van der Waals surface area contributed by atoms with Crippen LogP contribution in [-0.4, -0.2) is 40.8 Å². The molecule has 5 N–H and O–H groups in total. The molecule has 2 aliphatic rings. The monoisotopic (exact) mass is 281 g/mol. The number of rotatable bonds is 2. The van der Waals surface area contributed by atoms with Gasteiger partial charge in [-0.3, -0.25) is 0 Å². The van der Waals surface area contributed by atoms with Gasteiger partial charge < -0.3 is 30.8 Å². The number of fused-ring (bicyclic) bond motifs is 1. The molecule has 0 spiro atoms. The summed E-state index contributed by atoms with van der Waals surface area (Å²) in [6, 6.07) is 3.44. The highest BCUT2D eigenvalue weighted by Crippen LogP contribution is 2.45. The fourth-order valence-electron chi connectivity index (χ4n) is 2.82. The summed E-state index contributed by atoms with van der Waals surface area (Å²) in [4.78, 5) is 4.04. The smallest absolute Gasteiger partial charge is 0.164 e. The molecule has 7 nitrogen and oxygen atoms in total. The SMILES string of the molecule is CC1(C)OC2C(CO)OC(c3ccc(N)nc3N)C2O1. The molecule has 4 unspecified atom stereocenters. The summed E-state index contributed by atoms with van der Waals surface area (Å²) in [5.74, 6) is -0.0510. The molecule has 110 valence electrons. The summed E-state index contributed by atoms with van der Waals surface area (Å²) in [6.45, 7) is 3.53. The third-order valence-corrected chi connectivity index (χ3v) is 3.62. The molecule has 0 aliphatic carbocycles. The average molecular weight is 281 g/mol. The summed E-state index contributed by atoms with van der Waals surface area (Å²) in [6.07, 6.45) is -1.51. The van der Waals surface area contributed by atoms with Crippen LogP contribution >= 0.6 is 0 Å². The van der Waals surface area contributed by atoms with Crippen molar-refractivity contribution in [2.45, 2.75) is 44.1 Å². The van der Waals surface area contributed by atoms with Gasteiger partial charge in [0.15, 0.2) is 5.79 Å². The van der Waals surface area contributed by atoms with Gasteiger partial charge in [0.1, 0.15) is 36.1 Å². The highest BCUT2D eigenvalue weighted by atomic mass is 16.8. The van der Waals surface area contributed by atoms with E-state index in [1.165, 1.54) is 0 Å². The first kappa shape index (κ1) is 13.6. The minimum Gasteiger partial charge on any atom is -0.394 e. The van der Waals surface area contributed by atoms with E-state index in [1.54, 1.807) is 12.1 Å². The molecule has 2 fully saturated rings. The number of aliphatic hydroxyl groups is 1. The van der Waals surface area contributed by atoms with Gasteiger partial charge >= 0.3 is 0 Å². The second-order valence-corrected chi connectivity index (χ2v) is 5.55. The fourth-order valence-corrected chi connectivity index (χ4v) is 2.82. The maximum Gasteiger partial charge on any atom is 0.164 e. The molecule has 0 saturated carbocycles. The highest BCUT2D eigenvalue weighted by molar-refractivity contribution is 5.48. The molecular formula is C13H19N3O4. The van der Waals surface area contributed by atoms with Crippen LogP contribution in [0.3, 0.4) is 0 Å². The number of nitrogens with zero attached hydrogens (tertiary/aromatic N) is 1. The first-order valence-electron chi connectivity index (χ1n) is 6.55. The van der Waals surface area contributed by atoms with Crippen LogP contribution in [0.4, 0.5) is 11.6 Å². The van der Waals surface area contributed by atoms with Crippen LogP contribution in [0.25, 0.3) is 0 Å². The van der Waals surface area contributed by atoms with Gasteiger partial charge in [-0.2, -0.15) is 0 Å². The van der Waals surface area contributed by atoms with E-state index in [1.807, 2.05) is 13.8 Å². The van der Waals surface area contributed by atoms with E-state index in [-0.39, 0.29) is 18.8 Å². The summed E-state index contributed by atoms with van der Waals surface area (Å²) in [5.41, 5.74) is 12.2. The van der Waals surface area contributed by atoms with Crippen LogP contribution < -0.4 is 11.5 Å². The Hall–Kier alpha value is -1.41. The number of ether oxygens (including phenoxy) is 3. The zero-order valence-electron chi connectivity index (χ0n) is 11.4. The van der Waals surface area contributed by atoms with Crippen molar-refractivity contribution in [3.63, 3.8) is 0 Å². The van der Waals surface area contributed by atoms with Crippen molar-refractivity contribution in [1.82, 2.24) is 4.98 Å². The van der Waals surface area contributed by atoms with E-state index >= 15 is 0 Å². The molecule has 3 rings (SSSR count). The van der Waals surface area contributed by atoms with Crippen molar-refractivity contribution in [3.8, 4) is 0 Å². The van der Waals surface area contributed by atoms with Gasteiger partial charge in [-0.1, -0.05) is 0 Å². The molecule has 0 amide bonds. The maximum atomic E-state index is 9.43. The zero-order valence-corrected chi connectivity index (χ0v) is 11.4. The lowest BCUT2D eigenvalue weighted by atomic mass is 10.0. The first-order chi connectivity index (χ1) is 9.41. The van der Waals surface area contributed by atoms with Crippen molar-refractivity contribution in [2.24, 2.45) is 0 Å². The lowest BCUT2D eigenvalue weighted by molar-refractivity contribution is -0.191. The molecule has 4 atom stereocenters. The van der Waals surface area contributed by atoms with Crippen LogP contribution in [0, 0.1) is 0 Å². The second-order valence-electron chi connectivity index (χ2n) is 5.55. The molecule has 1 aromatic heterocycles. The van der Waals surface area contributed by atoms with Gasteiger partial charge in [0, 0.05) is 5.56 Å². The Morgan fingerprint density at radius 2 is 1.95 bits per heavy atom. The molecule has 7 heteroatoms. The van der Waals surface area contributed by atoms with E-state index in [0.29, 0.717) is 17.2 Å². The molecular weight excluding hydrogens is 262 g/mol. The Morgan fingerprint density at radius 3 is 2.60 bits per heavy atom. The second kappa shape index (κ2) is 4.56. The normalized spacial score (nSPS) is 35.1. The van der Waals surface area contributed by atoms with E-state index in [0.717, 1.165) is 0 Å². The number of nitrogen functional groups attached to an aromatic ring is 2. The number of aromatic nitrogens is 1. The summed E-state index contributed by atoms with van der Waals surface area (Å²) < 4.78 is 17.5. The summed E-state index contributed by atoms with van der Waals surface area (Å²) in [7, 11) is 0. The van der Waals surface area contributed by atoms with Crippen LogP contribution in [0.2, 0.25) is 0 Å². The van der Waals surface area contributed by atoms with Gasteiger partial charge in [-0.05, 0) is 26.0 Å². The number of aliphatic hydroxyl groups excluding tert-OH is 1. The van der Waals surface area contributed by atoms with Crippen molar-refractivity contribution >= 4 is 11.6 Å². The summed E-state index contributed by atoms with van der Waals surface area (Å²) in [5, 5.41) is 9.43. The molecule has 20 heavy (non-hydrogen) atoms. The zero-order chi connectivity index (χ0) is 14.5. The minimum atomic E-state index is -0.708. The fraction of sp³-hybridized carbons (Fsp3) is 0.615. The quantitative estimate of drug-likeness (QED) is 0.709. The van der Waals surface area contributed by atoms with Gasteiger partial charge in [0.05, 0.1) is 6.61 Å². The lowest BCUT2D eigenvalue weighted by Gasteiger charge is -2.24. The van der Waals surface area contributed by atoms with Gasteiger partial charge in [0.25, 0.3) is 0 Å². The summed E-state index contributed by atoms with van der Waals surface area (Å²) >= 11 is 0. The molecule has 3 heterocycles. The van der Waals surface area contributed by atoms with Crippen molar-refractivity contribution in [2.75, 3.05) is 18.1 Å². The number of anilines is 2. The number of nitrogens with two attached hydrogens (primary N) is 2. The van der Waals surface area contributed by atoms with E-state index < -0.39 is 18.0 Å². The number of hydrogen-bond donors (Lipinski definition) is 3. The Balaban J connectivity index is 1.94. The minimum absolute atomic E-state index is 0.139. The lowest BCUT2D eigenvalue weighted by Crippen LogP contribution is -2.31. The van der Waals surface area contributed by atoms with E-state index in [2.05, 4.69) is 4.98 Å². The largest absolute Gasteiger partial charge is 0.394 e. The highest BCUT2D eigenvalue weighted by Gasteiger charge is 2.55. The van der Waals surface area contributed by atoms with Crippen LogP contribution in [0.1, 0.15) is 25.5 Å². The van der Waals surface area contributed by atoms with Crippen LogP contribution in [-0.2, 0) is 14.2 Å². The van der Waals surface area contributed by atoms with Crippen LogP contribution in [0.5, 0.6) is 0 Å². The topological polar surface area (TPSA) is 113 Å². The van der Waals surface area contributed by atoms with Crippen molar-refractivity contribution < 1.29 is 19.3 Å². The average Bonchev–Trinajstić information content (AvgIpc) is 2.83. The third kappa shape index (κ3) is 2.12. The molecule has 2 saturated heterocycles. The molecule has 0 radical (unpaired) electrons. The van der Waals surface area contributed by atoms with E-state index in [4.69, 9.17) is 25.7 Å². The van der Waals surface area contributed by atoms with E-state index in [9.17, 15) is 5.11 Å². The Labute approximate surface area is 116 Å². The molecule has 0 bridgehead atoms. The molecule has 2 aliphatic heterocycles. The van der Waals surface area contributed by atoms with Gasteiger partial charge in [0.2, 0.25) is 0 Å². The Kier molecular flexibility index (Phi) is 3.09. The Bertz CT molecular complexity index is 522. The molecule has 1 aromatic rings. The predicted octanol–water partition coefficient (Wildman–Crippen LogP) is 0.198. The number of pyridine rings is 1. The molecule has 0 aromatic carbocycles. The first-order valence-corrected chi connectivity index (χ1v) is 6.55. The maximum absolute atomic E-state index is 9.43. The van der Waals surface area contributed by atoms with Crippen molar-refractivity contribution in [1.29, 1.82) is 0 Å². The van der Waals surface area contributed by atoms with Crippen molar-refractivity contribution in [3.05, 3.63) is 17.7 Å². The van der Waals surface area contributed by atoms with Gasteiger partial charge in [-0.15, -0.1) is 0 Å². The standard InChI is InChI=1S/C13H19N3O4/c1-13(2)19-10-7(5-17)18-9(11(10)20-13)6-3-4-8(14)16-12(6)15/h3-4,7,9-11,17H,5H2,1-2H3,(H4,14,15,16). The predicted molar refractivity (Wildman–Crippen MR) is 71.6 cm³/mol. The third-order valence-electron chi connectivity index (χ3n) is 3.62.